The molecular formula is C37H84N4O8. The Hall–Kier alpha value is -2.51. The summed E-state index contributed by atoms with van der Waals surface area (Å²) in [5.74, 6) is -0.367. The third-order valence-electron chi connectivity index (χ3n) is 10.5. The molecule has 0 aromatic carbocycles. The maximum atomic E-state index is 12.7. The van der Waals surface area contributed by atoms with Crippen LogP contribution in [0.2, 0.25) is 0 Å². The number of carbonyl (C=O) groups excluding carboxylic acids is 2. The molecule has 12 nitrogen and oxygen atoms in total. The van der Waals surface area contributed by atoms with Crippen molar-refractivity contribution in [2.24, 2.45) is 17.8 Å². The van der Waals surface area contributed by atoms with Gasteiger partial charge >= 0.3 is 12.0 Å². The summed E-state index contributed by atoms with van der Waals surface area (Å²) in [5, 5.41) is 25.3. The summed E-state index contributed by atoms with van der Waals surface area (Å²) < 4.78 is 18.0. The van der Waals surface area contributed by atoms with Crippen LogP contribution in [-0.4, -0.2) is 127 Å². The Morgan fingerprint density at radius 2 is 1.82 bits per heavy atom. The Kier molecular flexibility index (Phi) is 16.0. The predicted octanol–water partition coefficient (Wildman–Crippen LogP) is 6.44. The summed E-state index contributed by atoms with van der Waals surface area (Å²) in [7, 11) is 3.63. The average Bonchev–Trinajstić information content (AvgIpc) is 3.71. The Labute approximate surface area is 308 Å². The molecule has 0 aromatic rings. The quantitative estimate of drug-likeness (QED) is 0.0715. The number of nitrogens with zero attached hydrogens (tertiary/aromatic N) is 2. The van der Waals surface area contributed by atoms with E-state index in [-0.39, 0.29) is 62.1 Å². The van der Waals surface area contributed by atoms with Crippen molar-refractivity contribution in [1.82, 2.24) is 20.4 Å². The van der Waals surface area contributed by atoms with Gasteiger partial charge in [-0.05, 0) is 83.8 Å². The standard InChI is InChI=1S/C37H64N4O8.10H2/c1-24(23-37(6)34(49-37)27(4)33(47-8)28(5)42)12-11-13-25(2)32-26(3)15-16-29(48-32)22-31(43)38-17-10-9-14-30(35(44)45)39-36(46)41-20-18-40(7)19-21-41;;;;;;;;;;/h11-13,24,26-30,32-34,42H,9-10,14-23H2,1-8H3,(H,38,43)(H,39,46)(H,44,45);10*1H/b12-11+,25-13+;;;;;;;;;;/t24-,26+,27-,28-,29-,30-,32-,33-,34-,37-;;;;;;;;;;/m1........../s1. The van der Waals surface area contributed by atoms with Gasteiger partial charge in [0.15, 0.2) is 0 Å². The van der Waals surface area contributed by atoms with E-state index in [1.807, 2.05) is 7.05 Å². The molecule has 3 saturated heterocycles. The summed E-state index contributed by atoms with van der Waals surface area (Å²) in [6.45, 7) is 15.6. The lowest BCUT2D eigenvalue weighted by atomic mass is 9.85. The van der Waals surface area contributed by atoms with Gasteiger partial charge in [-0.25, -0.2) is 9.59 Å². The number of hydrogen-bond donors (Lipinski definition) is 4. The van der Waals surface area contributed by atoms with Crippen molar-refractivity contribution in [1.29, 1.82) is 0 Å². The molecule has 0 radical (unpaired) electrons. The zero-order valence-corrected chi connectivity index (χ0v) is 31.2. The van der Waals surface area contributed by atoms with Crippen molar-refractivity contribution in [3.05, 3.63) is 23.8 Å². The number of allylic oxidation sites excluding steroid dienone is 3. The molecular weight excluding hydrogens is 628 g/mol. The van der Waals surface area contributed by atoms with Gasteiger partial charge in [0.1, 0.15) is 6.04 Å². The van der Waals surface area contributed by atoms with E-state index >= 15 is 0 Å². The van der Waals surface area contributed by atoms with Crippen LogP contribution in [0, 0.1) is 17.8 Å². The number of rotatable bonds is 18. The van der Waals surface area contributed by atoms with Gasteiger partial charge in [-0.2, -0.15) is 0 Å². The number of methoxy groups -OCH3 is 1. The smallest absolute Gasteiger partial charge is 0.326 e. The second kappa shape index (κ2) is 19.2. The van der Waals surface area contributed by atoms with Gasteiger partial charge in [0.25, 0.3) is 0 Å². The number of aliphatic hydroxyl groups is 1. The molecule has 3 aliphatic rings. The van der Waals surface area contributed by atoms with Crippen molar-refractivity contribution in [3.63, 3.8) is 0 Å². The number of amides is 3. The number of unbranched alkanes of at least 4 members (excludes halogenated alkanes) is 1. The number of piperazine rings is 1. The zero-order chi connectivity index (χ0) is 36.3. The molecule has 0 saturated carbocycles. The van der Waals surface area contributed by atoms with Crippen LogP contribution in [0.25, 0.3) is 0 Å². The van der Waals surface area contributed by atoms with Gasteiger partial charge in [-0.15, -0.1) is 0 Å². The summed E-state index contributed by atoms with van der Waals surface area (Å²) >= 11 is 0. The number of epoxide rings is 1. The summed E-state index contributed by atoms with van der Waals surface area (Å²) in [4.78, 5) is 40.8. The molecule has 10 atom stereocenters. The highest BCUT2D eigenvalue weighted by atomic mass is 16.6. The summed E-state index contributed by atoms with van der Waals surface area (Å²) in [6.07, 6.45) is 9.92. The zero-order valence-electron chi connectivity index (χ0n) is 31.2. The molecule has 3 heterocycles. The van der Waals surface area contributed by atoms with Crippen LogP contribution in [0.3, 0.4) is 0 Å². The number of aliphatic carboxylic acids is 1. The average molecular weight is 713 g/mol. The number of carboxylic acids is 1. The molecule has 0 aromatic heterocycles. The number of urea groups is 1. The molecule has 0 aliphatic carbocycles. The Morgan fingerprint density at radius 1 is 1.12 bits per heavy atom. The second-order valence-corrected chi connectivity index (χ2v) is 15.0. The topological polar surface area (TPSA) is 153 Å². The van der Waals surface area contributed by atoms with Crippen LogP contribution in [0.4, 0.5) is 4.79 Å². The van der Waals surface area contributed by atoms with Gasteiger partial charge in [0.05, 0.1) is 42.5 Å². The molecule has 0 spiro atoms. The molecule has 300 valence electrons. The first-order valence-electron chi connectivity index (χ1n) is 18.3. The van der Waals surface area contributed by atoms with Crippen LogP contribution in [0.5, 0.6) is 0 Å². The van der Waals surface area contributed by atoms with Crippen molar-refractivity contribution < 1.29 is 53.1 Å². The van der Waals surface area contributed by atoms with Gasteiger partial charge in [0.2, 0.25) is 5.91 Å². The molecule has 3 rings (SSSR count). The van der Waals surface area contributed by atoms with Gasteiger partial charge < -0.3 is 44.9 Å². The lowest BCUT2D eigenvalue weighted by Gasteiger charge is -2.35. The molecule has 4 N–H and O–H groups in total. The van der Waals surface area contributed by atoms with E-state index in [0.29, 0.717) is 57.2 Å². The van der Waals surface area contributed by atoms with Crippen molar-refractivity contribution in [2.75, 3.05) is 46.9 Å². The Bertz CT molecular complexity index is 1180. The number of ether oxygens (including phenoxy) is 3. The summed E-state index contributed by atoms with van der Waals surface area (Å²) in [5.41, 5.74) is 0.903. The predicted molar refractivity (Wildman–Crippen MR) is 210 cm³/mol. The van der Waals surface area contributed by atoms with E-state index in [4.69, 9.17) is 14.2 Å². The molecule has 12 heteroatoms. The Balaban J connectivity index is -0.000000433. The molecule has 49 heavy (non-hydrogen) atoms. The fourth-order valence-electron chi connectivity index (χ4n) is 7.51. The number of carbonyl (C=O) groups is 3. The SMILES string of the molecule is CO[C@H]([C@@H](C)[C@H]1O[C@]1(C)C[C@H](C)/C=C/C=C(\C)[C@H]1O[C@@H](CC(=O)NCCCC[C@@H](NC(=O)N2CCN(C)CC2)C(=O)O)CC[C@@H]1C)[C@@H](C)O.[HH].[HH].[HH].[HH].[HH].[HH].[HH].[HH].[HH].[HH]. The third kappa shape index (κ3) is 12.6. The van der Waals surface area contributed by atoms with Crippen molar-refractivity contribution in [3.8, 4) is 0 Å². The van der Waals surface area contributed by atoms with E-state index in [0.717, 1.165) is 37.9 Å². The lowest BCUT2D eigenvalue weighted by molar-refractivity contribution is -0.139. The highest BCUT2D eigenvalue weighted by Crippen LogP contribution is 2.47. The number of likely N-dealkylation sites (N-methyl/N-ethyl adjacent to an activating group) is 1. The Morgan fingerprint density at radius 3 is 2.45 bits per heavy atom. The largest absolute Gasteiger partial charge is 0.480 e. The number of nitrogens with one attached hydrogen (secondary N) is 2. The maximum Gasteiger partial charge on any atom is 0.326 e. The van der Waals surface area contributed by atoms with Crippen molar-refractivity contribution >= 4 is 17.9 Å². The first kappa shape index (κ1) is 40.9. The third-order valence-corrected chi connectivity index (χ3v) is 10.5. The fourth-order valence-corrected chi connectivity index (χ4v) is 7.51. The minimum absolute atomic E-state index is 0. The highest BCUT2D eigenvalue weighted by Gasteiger charge is 2.56. The fraction of sp³-hybridized carbons (Fsp3) is 0.811. The minimum Gasteiger partial charge on any atom is -0.480 e. The molecule has 0 unspecified atom stereocenters. The molecule has 0 bridgehead atoms. The van der Waals surface area contributed by atoms with E-state index in [1.54, 1.807) is 18.9 Å². The van der Waals surface area contributed by atoms with Gasteiger partial charge in [-0.3, -0.25) is 4.79 Å². The van der Waals surface area contributed by atoms with Crippen LogP contribution >= 0.6 is 0 Å². The van der Waals surface area contributed by atoms with Crippen molar-refractivity contribution in [2.45, 2.75) is 129 Å². The lowest BCUT2D eigenvalue weighted by Crippen LogP contribution is -2.53. The van der Waals surface area contributed by atoms with E-state index in [9.17, 15) is 24.6 Å². The van der Waals surface area contributed by atoms with Gasteiger partial charge in [0, 0.05) is 60.0 Å². The second-order valence-electron chi connectivity index (χ2n) is 15.0. The number of carboxylic acid groups (broad SMARTS) is 1. The monoisotopic (exact) mass is 713 g/mol. The maximum absolute atomic E-state index is 12.7. The van der Waals surface area contributed by atoms with Crippen LogP contribution < -0.4 is 10.6 Å². The summed E-state index contributed by atoms with van der Waals surface area (Å²) in [6, 6.07) is -1.29. The van der Waals surface area contributed by atoms with E-state index in [2.05, 4.69) is 68.4 Å². The highest BCUT2D eigenvalue weighted by molar-refractivity contribution is 5.82. The first-order chi connectivity index (χ1) is 23.1. The number of hydrogen-bond acceptors (Lipinski definition) is 8. The molecule has 3 fully saturated rings. The van der Waals surface area contributed by atoms with Crippen LogP contribution in [0.1, 0.15) is 101 Å². The first-order valence-corrected chi connectivity index (χ1v) is 18.3. The molecule has 3 amide bonds. The van der Waals surface area contributed by atoms with Crippen LogP contribution in [0.15, 0.2) is 23.8 Å². The van der Waals surface area contributed by atoms with Crippen LogP contribution in [-0.2, 0) is 23.8 Å². The van der Waals surface area contributed by atoms with E-state index < -0.39 is 18.1 Å². The van der Waals surface area contributed by atoms with Gasteiger partial charge in [-0.1, -0.05) is 39.0 Å². The molecule has 3 aliphatic heterocycles. The number of aliphatic hydroxyl groups excluding tert-OH is 1. The van der Waals surface area contributed by atoms with E-state index in [1.165, 1.54) is 0 Å². The normalized spacial score (nSPS) is 29.6. The minimum atomic E-state index is -1.05.